The van der Waals surface area contributed by atoms with Gasteiger partial charge in [0.2, 0.25) is 0 Å². The maximum Gasteiger partial charge on any atom is 0 e. The number of allylic oxidation sites excluding steroid dienone is 4. The molecule has 0 aromatic carbocycles. The molecular weight excluding hydrogens is 264 g/mol. The van der Waals surface area contributed by atoms with Crippen molar-refractivity contribution in [1.29, 1.82) is 0 Å². The summed E-state index contributed by atoms with van der Waals surface area (Å²) in [6.45, 7) is 22.8. The van der Waals surface area contributed by atoms with Crippen LogP contribution in [0.4, 0.5) is 0 Å². The van der Waals surface area contributed by atoms with Gasteiger partial charge in [0, 0.05) is 17.1 Å². The molecule has 0 radical (unpaired) electrons. The van der Waals surface area contributed by atoms with Gasteiger partial charge in [-0.25, -0.2) is 0 Å². The summed E-state index contributed by atoms with van der Waals surface area (Å²) in [4.78, 5) is 0. The van der Waals surface area contributed by atoms with Crippen LogP contribution >= 0.6 is 0 Å². The van der Waals surface area contributed by atoms with Gasteiger partial charge in [0.1, 0.15) is 0 Å². The first-order chi connectivity index (χ1) is 7.00. The molecule has 0 unspecified atom stereocenters. The summed E-state index contributed by atoms with van der Waals surface area (Å²) in [6, 6.07) is 0. The Morgan fingerprint density at radius 2 is 1.12 bits per heavy atom. The number of hydrogen-bond donors (Lipinski definition) is 0. The smallest absolute Gasteiger partial charge is 0 e. The zero-order valence-electron chi connectivity index (χ0n) is 9.73. The van der Waals surface area contributed by atoms with Gasteiger partial charge in [0.05, 0.1) is 8.07 Å². The molecule has 88 valence electrons. The molecule has 0 aromatic heterocycles. The minimum absolute atomic E-state index is 0. The van der Waals surface area contributed by atoms with Crippen molar-refractivity contribution in [3.63, 3.8) is 0 Å². The van der Waals surface area contributed by atoms with Crippen molar-refractivity contribution in [3.05, 3.63) is 42.9 Å². The van der Waals surface area contributed by atoms with Gasteiger partial charge in [0.25, 0.3) is 0 Å². The molecule has 0 heterocycles. The molecule has 1 rings (SSSR count). The first kappa shape index (κ1) is 24.6. The molecule has 0 saturated carbocycles. The molecule has 0 amide bonds. The molecule has 0 atom stereocenters. The van der Waals surface area contributed by atoms with E-state index in [1.165, 1.54) is 5.57 Å². The van der Waals surface area contributed by atoms with E-state index in [1.54, 1.807) is 5.20 Å². The van der Waals surface area contributed by atoms with Crippen LogP contribution in [-0.4, -0.2) is 8.07 Å². The minimum Gasteiger partial charge on any atom is 0 e. The van der Waals surface area contributed by atoms with Gasteiger partial charge < -0.3 is 0 Å². The fourth-order valence-electron chi connectivity index (χ4n) is 0.911. The molecule has 1 aliphatic carbocycles. The fourth-order valence-corrected chi connectivity index (χ4v) is 2.23. The van der Waals surface area contributed by atoms with E-state index in [0.717, 1.165) is 0 Å². The van der Waals surface area contributed by atoms with Gasteiger partial charge >= 0.3 is 33.9 Å². The Hall–Kier alpha value is -0.564. The second kappa shape index (κ2) is 14.4. The monoisotopic (exact) mass is 278 g/mol. The number of rotatable bonds is 1. The van der Waals surface area contributed by atoms with Crippen molar-refractivity contribution in [2.75, 3.05) is 0 Å². The molecule has 0 N–H and O–H groups in total. The third-order valence-electron chi connectivity index (χ3n) is 1.63. The molecular formula is C11H14FeO3Si. The van der Waals surface area contributed by atoms with Gasteiger partial charge in [-0.05, 0) is 6.92 Å². The summed E-state index contributed by atoms with van der Waals surface area (Å²) >= 11 is 0. The Balaban J connectivity index is -0.0000000900. The van der Waals surface area contributed by atoms with E-state index in [-0.39, 0.29) is 17.1 Å². The van der Waals surface area contributed by atoms with Crippen LogP contribution in [-0.2, 0) is 31.0 Å². The van der Waals surface area contributed by atoms with Crippen molar-refractivity contribution in [3.8, 4) is 0 Å². The third kappa shape index (κ3) is 11.5. The summed E-state index contributed by atoms with van der Waals surface area (Å²) in [5.41, 5.74) is 1.44. The Morgan fingerprint density at radius 1 is 0.875 bits per heavy atom. The van der Waals surface area contributed by atoms with E-state index in [1.807, 2.05) is 0 Å². The predicted octanol–water partition coefficient (Wildman–Crippen LogP) is 2.64. The SMILES string of the molecule is CC1=CC([Si](C)(C)C)=C1.[C-]#[O+].[C-]#[O+].[C-]#[O+].[Fe]. The summed E-state index contributed by atoms with van der Waals surface area (Å²) < 4.78 is 22.5. The fraction of sp³-hybridized carbons (Fsp3) is 0.364. The summed E-state index contributed by atoms with van der Waals surface area (Å²) in [5, 5.41) is 1.61. The standard InChI is InChI=1S/C8H14Si.3CO.Fe/c1-7-5-8(6-7)9(2,3)4;3*1-2;/h5-6H,1-4H3;;;;. The van der Waals surface area contributed by atoms with Crippen LogP contribution in [0.5, 0.6) is 0 Å². The largest absolute Gasteiger partial charge is 0 e. The molecule has 0 saturated heterocycles. The normalized spacial score (nSPS) is 10.6. The van der Waals surface area contributed by atoms with E-state index in [2.05, 4.69) is 58.7 Å². The average Bonchev–Trinajstić information content (AvgIpc) is 2.21. The molecule has 5 heteroatoms. The Bertz CT molecular complexity index is 278. The molecule has 0 fully saturated rings. The van der Waals surface area contributed by atoms with Crippen LogP contribution in [0.2, 0.25) is 19.6 Å². The Morgan fingerprint density at radius 3 is 1.19 bits per heavy atom. The third-order valence-corrected chi connectivity index (χ3v) is 3.65. The summed E-state index contributed by atoms with van der Waals surface area (Å²) in [7, 11) is -0.931. The van der Waals surface area contributed by atoms with Gasteiger partial charge in [-0.15, -0.1) is 0 Å². The molecule has 16 heavy (non-hydrogen) atoms. The first-order valence-corrected chi connectivity index (χ1v) is 7.52. The van der Waals surface area contributed by atoms with Crippen molar-refractivity contribution in [2.24, 2.45) is 0 Å². The second-order valence-corrected chi connectivity index (χ2v) is 8.82. The second-order valence-electron chi connectivity index (χ2n) is 3.74. The van der Waals surface area contributed by atoms with Crippen molar-refractivity contribution < 1.29 is 31.0 Å². The van der Waals surface area contributed by atoms with E-state index in [4.69, 9.17) is 14.0 Å². The average molecular weight is 278 g/mol. The van der Waals surface area contributed by atoms with E-state index in [0.29, 0.717) is 0 Å². The predicted molar refractivity (Wildman–Crippen MR) is 57.0 cm³/mol. The topological polar surface area (TPSA) is 59.7 Å². The zero-order valence-corrected chi connectivity index (χ0v) is 11.8. The maximum absolute atomic E-state index is 7.50. The zero-order chi connectivity index (χ0) is 13.1. The Kier molecular flexibility index (Phi) is 22.2. The van der Waals surface area contributed by atoms with Crippen molar-refractivity contribution >= 4 is 8.07 Å². The van der Waals surface area contributed by atoms with E-state index < -0.39 is 8.07 Å². The molecule has 0 spiro atoms. The van der Waals surface area contributed by atoms with Gasteiger partial charge in [-0.2, -0.15) is 0 Å². The van der Waals surface area contributed by atoms with Crippen molar-refractivity contribution in [2.45, 2.75) is 26.6 Å². The maximum atomic E-state index is 7.50. The van der Waals surface area contributed by atoms with Gasteiger partial charge in [0.15, 0.2) is 0 Å². The molecule has 0 aromatic rings. The summed E-state index contributed by atoms with van der Waals surface area (Å²) in [6.07, 6.45) is 4.62. The first-order valence-electron chi connectivity index (χ1n) is 4.02. The molecule has 0 bridgehead atoms. The van der Waals surface area contributed by atoms with Crippen LogP contribution in [0.15, 0.2) is 22.9 Å². The number of hydrogen-bond acceptors (Lipinski definition) is 0. The van der Waals surface area contributed by atoms with Crippen LogP contribution in [0, 0.1) is 20.0 Å². The quantitative estimate of drug-likeness (QED) is 0.402. The molecule has 3 nitrogen and oxygen atoms in total. The van der Waals surface area contributed by atoms with Crippen LogP contribution in [0.1, 0.15) is 6.92 Å². The van der Waals surface area contributed by atoms with Gasteiger partial charge in [-0.1, -0.05) is 42.6 Å². The minimum atomic E-state index is -0.931. The summed E-state index contributed by atoms with van der Waals surface area (Å²) in [5.74, 6) is 0. The van der Waals surface area contributed by atoms with Gasteiger partial charge in [-0.3, -0.25) is 0 Å². The molecule has 0 aliphatic heterocycles. The van der Waals surface area contributed by atoms with E-state index >= 15 is 0 Å². The van der Waals surface area contributed by atoms with Crippen LogP contribution in [0.3, 0.4) is 0 Å². The van der Waals surface area contributed by atoms with Crippen LogP contribution in [0.25, 0.3) is 0 Å². The van der Waals surface area contributed by atoms with Crippen LogP contribution < -0.4 is 0 Å². The van der Waals surface area contributed by atoms with E-state index in [9.17, 15) is 0 Å². The molecule has 1 aliphatic rings. The van der Waals surface area contributed by atoms with Crippen molar-refractivity contribution in [1.82, 2.24) is 0 Å². The Labute approximate surface area is 109 Å².